The molecule has 0 spiro atoms. The zero-order chi connectivity index (χ0) is 18.3. The van der Waals surface area contributed by atoms with Gasteiger partial charge in [-0.3, -0.25) is 4.98 Å². The largest absolute Gasteiger partial charge is 0.384 e. The number of para-hydroxylation sites is 1. The minimum absolute atomic E-state index is 0.898. The molecule has 0 fully saturated rings. The smallest absolute Gasteiger partial charge is 0.0722 e. The topological polar surface area (TPSA) is 49.0 Å². The van der Waals surface area contributed by atoms with Crippen molar-refractivity contribution in [2.24, 2.45) is 0 Å². The van der Waals surface area contributed by atoms with Crippen LogP contribution in [0.5, 0.6) is 0 Å². The predicted octanol–water partition coefficient (Wildman–Crippen LogP) is 4.23. The summed E-state index contributed by atoms with van der Waals surface area (Å²) in [5.41, 5.74) is 6.58. The maximum atomic E-state index is 4.41. The van der Waals surface area contributed by atoms with Gasteiger partial charge < -0.3 is 16.0 Å². The van der Waals surface area contributed by atoms with Gasteiger partial charge in [-0.1, -0.05) is 30.3 Å². The monoisotopic (exact) mass is 360 g/mol. The first-order valence-corrected chi connectivity index (χ1v) is 10.0. The molecule has 0 atom stereocenters. The van der Waals surface area contributed by atoms with Gasteiger partial charge in [-0.25, -0.2) is 0 Å². The summed E-state index contributed by atoms with van der Waals surface area (Å²) >= 11 is 0. The van der Waals surface area contributed by atoms with Gasteiger partial charge in [0.1, 0.15) is 0 Å². The van der Waals surface area contributed by atoms with Crippen molar-refractivity contribution in [3.8, 4) is 0 Å². The molecule has 1 aliphatic rings. The lowest BCUT2D eigenvalue weighted by Gasteiger charge is -2.20. The van der Waals surface area contributed by atoms with Gasteiger partial charge in [0, 0.05) is 49.1 Å². The molecular weight excluding hydrogens is 332 g/mol. The van der Waals surface area contributed by atoms with Gasteiger partial charge in [0.25, 0.3) is 0 Å². The number of rotatable bonds is 8. The Hall–Kier alpha value is -2.59. The number of hydrogen-bond donors (Lipinski definition) is 3. The van der Waals surface area contributed by atoms with Crippen molar-refractivity contribution in [3.63, 3.8) is 0 Å². The summed E-state index contributed by atoms with van der Waals surface area (Å²) in [6.45, 7) is 3.75. The van der Waals surface area contributed by atoms with Crippen molar-refractivity contribution < 1.29 is 0 Å². The van der Waals surface area contributed by atoms with Gasteiger partial charge in [0.2, 0.25) is 0 Å². The third-order valence-electron chi connectivity index (χ3n) is 5.28. The van der Waals surface area contributed by atoms with E-state index in [1.807, 2.05) is 24.4 Å². The van der Waals surface area contributed by atoms with E-state index < -0.39 is 0 Å². The molecule has 4 heteroatoms. The summed E-state index contributed by atoms with van der Waals surface area (Å²) in [6.07, 6.45) is 6.97. The Morgan fingerprint density at radius 2 is 1.56 bits per heavy atom. The van der Waals surface area contributed by atoms with Gasteiger partial charge in [-0.05, 0) is 55.0 Å². The van der Waals surface area contributed by atoms with Crippen molar-refractivity contribution in [2.45, 2.75) is 25.7 Å². The molecule has 3 N–H and O–H groups in total. The van der Waals surface area contributed by atoms with Gasteiger partial charge >= 0.3 is 0 Å². The van der Waals surface area contributed by atoms with Crippen LogP contribution in [0.3, 0.4) is 0 Å². The van der Waals surface area contributed by atoms with Crippen LogP contribution in [0.25, 0.3) is 10.9 Å². The van der Waals surface area contributed by atoms with Crippen molar-refractivity contribution in [1.29, 1.82) is 0 Å². The number of pyridine rings is 1. The molecule has 0 aliphatic heterocycles. The van der Waals surface area contributed by atoms with Crippen LogP contribution in [-0.4, -0.2) is 31.2 Å². The Balaban J connectivity index is 1.19. The number of nitrogens with one attached hydrogen (secondary N) is 3. The van der Waals surface area contributed by atoms with Crippen molar-refractivity contribution in [2.75, 3.05) is 36.8 Å². The van der Waals surface area contributed by atoms with Gasteiger partial charge in [-0.2, -0.15) is 0 Å². The molecule has 0 bridgehead atoms. The maximum absolute atomic E-state index is 4.41. The summed E-state index contributed by atoms with van der Waals surface area (Å²) < 4.78 is 0. The minimum atomic E-state index is 0.898. The molecule has 1 aromatic heterocycles. The number of nitrogens with zero attached hydrogens (tertiary/aromatic N) is 1. The first-order chi connectivity index (χ1) is 13.4. The number of hydrogen-bond acceptors (Lipinski definition) is 4. The van der Waals surface area contributed by atoms with Crippen molar-refractivity contribution in [1.82, 2.24) is 10.3 Å². The zero-order valence-corrected chi connectivity index (χ0v) is 15.8. The fraction of sp³-hybridized carbons (Fsp3) is 0.348. The number of anilines is 2. The van der Waals surface area contributed by atoms with E-state index in [9.17, 15) is 0 Å². The van der Waals surface area contributed by atoms with E-state index >= 15 is 0 Å². The highest BCUT2D eigenvalue weighted by atomic mass is 15.0. The molecule has 2 aromatic carbocycles. The molecule has 1 aliphatic carbocycles. The molecule has 140 valence electrons. The highest BCUT2D eigenvalue weighted by Gasteiger charge is 2.12. The first kappa shape index (κ1) is 17.8. The minimum Gasteiger partial charge on any atom is -0.384 e. The second kappa shape index (κ2) is 8.87. The van der Waals surface area contributed by atoms with Crippen molar-refractivity contribution >= 4 is 22.3 Å². The fourth-order valence-corrected chi connectivity index (χ4v) is 3.89. The van der Waals surface area contributed by atoms with Crippen LogP contribution >= 0.6 is 0 Å². The van der Waals surface area contributed by atoms with Crippen LogP contribution in [0.2, 0.25) is 0 Å². The van der Waals surface area contributed by atoms with E-state index in [0.29, 0.717) is 0 Å². The van der Waals surface area contributed by atoms with E-state index in [-0.39, 0.29) is 0 Å². The summed E-state index contributed by atoms with van der Waals surface area (Å²) in [6, 6.07) is 17.0. The Bertz CT molecular complexity index is 885. The summed E-state index contributed by atoms with van der Waals surface area (Å²) in [7, 11) is 0. The average molecular weight is 361 g/mol. The van der Waals surface area contributed by atoms with Gasteiger partial charge in [-0.15, -0.1) is 0 Å². The standard InChI is InChI=1S/C23H28N4/c1-2-8-19-18(6-1)7-5-11-21(19)26-16-14-24-15-17-27-23-12-13-25-22-10-4-3-9-20(22)23/h3-5,7,9-13,24,26H,1-2,6,8,14-17H2,(H,25,27). The van der Waals surface area contributed by atoms with E-state index in [2.05, 4.69) is 51.3 Å². The molecule has 0 unspecified atom stereocenters. The summed E-state index contributed by atoms with van der Waals surface area (Å²) in [5.74, 6) is 0. The lowest BCUT2D eigenvalue weighted by atomic mass is 9.90. The number of aromatic nitrogens is 1. The Morgan fingerprint density at radius 3 is 2.48 bits per heavy atom. The molecule has 1 heterocycles. The quantitative estimate of drug-likeness (QED) is 0.526. The SMILES string of the molecule is c1cc2c(c(NCCNCCNc3ccnc4ccccc34)c1)CCCC2. The first-order valence-electron chi connectivity index (χ1n) is 10.0. The molecule has 27 heavy (non-hydrogen) atoms. The zero-order valence-electron chi connectivity index (χ0n) is 15.8. The summed E-state index contributed by atoms with van der Waals surface area (Å²) in [4.78, 5) is 4.41. The fourth-order valence-electron chi connectivity index (χ4n) is 3.89. The third-order valence-corrected chi connectivity index (χ3v) is 5.28. The Kier molecular flexibility index (Phi) is 5.85. The highest BCUT2D eigenvalue weighted by molar-refractivity contribution is 5.90. The van der Waals surface area contributed by atoms with Crippen LogP contribution in [-0.2, 0) is 12.8 Å². The molecular formula is C23H28N4. The van der Waals surface area contributed by atoms with Crippen LogP contribution in [0.4, 0.5) is 11.4 Å². The predicted molar refractivity (Wildman–Crippen MR) is 115 cm³/mol. The highest BCUT2D eigenvalue weighted by Crippen LogP contribution is 2.27. The third kappa shape index (κ3) is 4.40. The van der Waals surface area contributed by atoms with Crippen LogP contribution in [0, 0.1) is 0 Å². The molecule has 0 amide bonds. The van der Waals surface area contributed by atoms with Gasteiger partial charge in [0.05, 0.1) is 5.52 Å². The van der Waals surface area contributed by atoms with Gasteiger partial charge in [0.15, 0.2) is 0 Å². The Morgan fingerprint density at radius 1 is 0.741 bits per heavy atom. The van der Waals surface area contributed by atoms with E-state index in [4.69, 9.17) is 0 Å². The lowest BCUT2D eigenvalue weighted by molar-refractivity contribution is 0.684. The number of aryl methyl sites for hydroxylation is 1. The van der Waals surface area contributed by atoms with E-state index in [0.717, 1.165) is 37.4 Å². The van der Waals surface area contributed by atoms with Crippen LogP contribution in [0.1, 0.15) is 24.0 Å². The second-order valence-corrected chi connectivity index (χ2v) is 7.13. The van der Waals surface area contributed by atoms with Crippen LogP contribution < -0.4 is 16.0 Å². The number of fused-ring (bicyclic) bond motifs is 2. The van der Waals surface area contributed by atoms with Crippen LogP contribution in [0.15, 0.2) is 54.7 Å². The molecule has 0 saturated heterocycles. The van der Waals surface area contributed by atoms with Crippen molar-refractivity contribution in [3.05, 3.63) is 65.9 Å². The van der Waals surface area contributed by atoms with E-state index in [1.165, 1.54) is 47.9 Å². The maximum Gasteiger partial charge on any atom is 0.0722 e. The number of benzene rings is 2. The summed E-state index contributed by atoms with van der Waals surface area (Å²) in [5, 5.41) is 11.8. The molecule has 3 aromatic rings. The average Bonchev–Trinajstić information content (AvgIpc) is 2.73. The molecule has 0 radical (unpaired) electrons. The lowest BCUT2D eigenvalue weighted by Crippen LogP contribution is -2.27. The Labute approximate surface area is 161 Å². The molecule has 0 saturated carbocycles. The normalized spacial score (nSPS) is 13.3. The van der Waals surface area contributed by atoms with E-state index in [1.54, 1.807) is 0 Å². The molecule has 4 rings (SSSR count). The second-order valence-electron chi connectivity index (χ2n) is 7.13. The molecule has 4 nitrogen and oxygen atoms in total.